The summed E-state index contributed by atoms with van der Waals surface area (Å²) in [6.07, 6.45) is 1.31. The Morgan fingerprint density at radius 2 is 2.12 bits per heavy atom. The number of aromatic nitrogens is 3. The Bertz CT molecular complexity index is 956. The molecule has 0 aliphatic heterocycles. The summed E-state index contributed by atoms with van der Waals surface area (Å²) in [5.74, 6) is -2.79. The molecule has 0 aliphatic carbocycles. The summed E-state index contributed by atoms with van der Waals surface area (Å²) in [4.78, 5) is 25.9. The van der Waals surface area contributed by atoms with Gasteiger partial charge in [-0.05, 0) is 23.1 Å². The maximum Gasteiger partial charge on any atom is 0.389 e. The van der Waals surface area contributed by atoms with E-state index in [0.717, 1.165) is 28.2 Å². The molecule has 2 aromatic heterocycles. The fraction of sp³-hybridized carbons (Fsp3) is 0.0714. The van der Waals surface area contributed by atoms with Gasteiger partial charge in [0.05, 0.1) is 23.1 Å². The number of nitro groups is 1. The minimum absolute atomic E-state index is 0.228. The third kappa shape index (κ3) is 3.83. The largest absolute Gasteiger partial charge is 0.389 e. The van der Waals surface area contributed by atoms with Crippen LogP contribution >= 0.6 is 11.3 Å². The molecule has 0 atom stereocenters. The van der Waals surface area contributed by atoms with E-state index in [9.17, 15) is 23.7 Å². The molecule has 0 radical (unpaired) electrons. The zero-order valence-corrected chi connectivity index (χ0v) is 13.2. The van der Waals surface area contributed by atoms with Gasteiger partial charge in [-0.25, -0.2) is 13.8 Å². The Kier molecular flexibility index (Phi) is 4.48. The van der Waals surface area contributed by atoms with Crippen LogP contribution in [0.15, 0.2) is 35.8 Å². The van der Waals surface area contributed by atoms with Crippen molar-refractivity contribution in [1.29, 1.82) is 0 Å². The van der Waals surface area contributed by atoms with Gasteiger partial charge in [0.2, 0.25) is 5.91 Å². The number of carbonyl (C=O) groups is 1. The van der Waals surface area contributed by atoms with Crippen molar-refractivity contribution in [3.63, 3.8) is 0 Å². The third-order valence-corrected chi connectivity index (χ3v) is 3.84. The van der Waals surface area contributed by atoms with Crippen LogP contribution in [-0.4, -0.2) is 25.6 Å². The number of nitrogens with zero attached hydrogens (tertiary/aromatic N) is 4. The van der Waals surface area contributed by atoms with Crippen molar-refractivity contribution in [3.8, 4) is 11.3 Å². The van der Waals surface area contributed by atoms with Gasteiger partial charge in [0.15, 0.2) is 16.8 Å². The summed E-state index contributed by atoms with van der Waals surface area (Å²) < 4.78 is 27.3. The number of benzene rings is 1. The lowest BCUT2D eigenvalue weighted by molar-refractivity contribution is -0.389. The van der Waals surface area contributed by atoms with Crippen LogP contribution in [0.2, 0.25) is 0 Å². The third-order valence-electron chi connectivity index (χ3n) is 3.09. The first kappa shape index (κ1) is 16.6. The number of rotatable bonds is 5. The lowest BCUT2D eigenvalue weighted by Crippen LogP contribution is -2.19. The van der Waals surface area contributed by atoms with Crippen LogP contribution in [-0.2, 0) is 11.3 Å². The molecule has 0 fully saturated rings. The van der Waals surface area contributed by atoms with Crippen molar-refractivity contribution in [1.82, 2.24) is 14.8 Å². The topological polar surface area (TPSA) is 103 Å². The Balaban J connectivity index is 1.66. The molecule has 0 saturated heterocycles. The Morgan fingerprint density at radius 1 is 1.32 bits per heavy atom. The van der Waals surface area contributed by atoms with Gasteiger partial charge >= 0.3 is 5.82 Å². The van der Waals surface area contributed by atoms with Crippen LogP contribution in [0, 0.1) is 21.7 Å². The molecule has 3 rings (SSSR count). The molecule has 2 heterocycles. The van der Waals surface area contributed by atoms with Crippen molar-refractivity contribution >= 4 is 28.2 Å². The molecule has 3 aromatic rings. The van der Waals surface area contributed by atoms with Crippen molar-refractivity contribution < 1.29 is 18.5 Å². The molecule has 128 valence electrons. The molecule has 1 N–H and O–H groups in total. The number of nitrogens with one attached hydrogen (secondary N) is 1. The number of halogens is 2. The van der Waals surface area contributed by atoms with E-state index in [1.54, 1.807) is 5.38 Å². The summed E-state index contributed by atoms with van der Waals surface area (Å²) in [6.45, 7) is -0.228. The number of thiazole rings is 1. The van der Waals surface area contributed by atoms with Crippen molar-refractivity contribution in [3.05, 3.63) is 57.6 Å². The van der Waals surface area contributed by atoms with E-state index in [-0.39, 0.29) is 17.5 Å². The molecule has 0 saturated carbocycles. The van der Waals surface area contributed by atoms with E-state index in [2.05, 4.69) is 15.4 Å². The smallest absolute Gasteiger partial charge is 0.358 e. The normalized spacial score (nSPS) is 10.6. The van der Waals surface area contributed by atoms with Gasteiger partial charge in [-0.15, -0.1) is 11.3 Å². The van der Waals surface area contributed by atoms with E-state index in [4.69, 9.17) is 0 Å². The van der Waals surface area contributed by atoms with Crippen LogP contribution in [0.1, 0.15) is 0 Å². The molecular formula is C14H9F2N5O3S. The first-order valence-electron chi connectivity index (χ1n) is 6.81. The summed E-state index contributed by atoms with van der Waals surface area (Å²) in [5.41, 5.74) is 0.757. The van der Waals surface area contributed by atoms with E-state index in [0.29, 0.717) is 11.3 Å². The summed E-state index contributed by atoms with van der Waals surface area (Å²) in [6, 6.07) is 4.56. The number of anilines is 1. The number of hydrogen-bond donors (Lipinski definition) is 1. The minimum Gasteiger partial charge on any atom is -0.358 e. The fourth-order valence-corrected chi connectivity index (χ4v) is 2.70. The SMILES string of the molecule is O=C(Cn1ccc([N+](=O)[O-])n1)Nc1nc(-c2ccc(F)c(F)c2)cs1. The highest BCUT2D eigenvalue weighted by atomic mass is 32.1. The van der Waals surface area contributed by atoms with E-state index in [1.165, 1.54) is 18.3 Å². The predicted molar refractivity (Wildman–Crippen MR) is 85.0 cm³/mol. The van der Waals surface area contributed by atoms with Crippen LogP contribution in [0.4, 0.5) is 19.7 Å². The predicted octanol–water partition coefficient (Wildman–Crippen LogP) is 2.83. The quantitative estimate of drug-likeness (QED) is 0.553. The molecule has 8 nitrogen and oxygen atoms in total. The molecule has 0 aliphatic rings. The van der Waals surface area contributed by atoms with Gasteiger partial charge < -0.3 is 15.4 Å². The molecule has 0 spiro atoms. The van der Waals surface area contributed by atoms with Gasteiger partial charge in [0.1, 0.15) is 6.54 Å². The average Bonchev–Trinajstić information content (AvgIpc) is 3.19. The molecule has 0 unspecified atom stereocenters. The standard InChI is InChI=1S/C14H9F2N5O3S/c15-9-2-1-8(5-10(9)16)11-7-25-14(17-11)18-13(22)6-20-4-3-12(19-20)21(23)24/h1-5,7H,6H2,(H,17,18,22). The van der Waals surface area contributed by atoms with Crippen molar-refractivity contribution in [2.45, 2.75) is 6.54 Å². The second-order valence-corrected chi connectivity index (χ2v) is 5.70. The van der Waals surface area contributed by atoms with E-state index >= 15 is 0 Å². The lowest BCUT2D eigenvalue weighted by atomic mass is 10.2. The first-order chi connectivity index (χ1) is 11.9. The van der Waals surface area contributed by atoms with E-state index < -0.39 is 22.5 Å². The minimum atomic E-state index is -0.989. The van der Waals surface area contributed by atoms with Crippen LogP contribution < -0.4 is 5.32 Å². The monoisotopic (exact) mass is 365 g/mol. The summed E-state index contributed by atoms with van der Waals surface area (Å²) in [5, 5.41) is 18.5. The maximum atomic E-state index is 13.3. The summed E-state index contributed by atoms with van der Waals surface area (Å²) >= 11 is 1.11. The molecule has 25 heavy (non-hydrogen) atoms. The molecule has 1 amide bonds. The van der Waals surface area contributed by atoms with E-state index in [1.807, 2.05) is 0 Å². The van der Waals surface area contributed by atoms with Gasteiger partial charge in [-0.2, -0.15) is 4.68 Å². The second-order valence-electron chi connectivity index (χ2n) is 4.84. The Hall–Kier alpha value is -3.21. The molecular weight excluding hydrogens is 356 g/mol. The second kappa shape index (κ2) is 6.73. The highest BCUT2D eigenvalue weighted by molar-refractivity contribution is 7.14. The van der Waals surface area contributed by atoms with Gasteiger partial charge in [0.25, 0.3) is 0 Å². The van der Waals surface area contributed by atoms with Crippen LogP contribution in [0.5, 0.6) is 0 Å². The Labute approximate surface area is 142 Å². The van der Waals surface area contributed by atoms with Gasteiger partial charge in [-0.1, -0.05) is 0 Å². The highest BCUT2D eigenvalue weighted by Gasteiger charge is 2.15. The lowest BCUT2D eigenvalue weighted by Gasteiger charge is -2.00. The molecule has 1 aromatic carbocycles. The highest BCUT2D eigenvalue weighted by Crippen LogP contribution is 2.26. The summed E-state index contributed by atoms with van der Waals surface area (Å²) in [7, 11) is 0. The zero-order valence-electron chi connectivity index (χ0n) is 12.3. The number of carbonyl (C=O) groups excluding carboxylic acids is 1. The van der Waals surface area contributed by atoms with Crippen molar-refractivity contribution in [2.75, 3.05) is 5.32 Å². The fourth-order valence-electron chi connectivity index (χ4n) is 1.96. The maximum absolute atomic E-state index is 13.3. The van der Waals surface area contributed by atoms with Gasteiger partial charge in [-0.3, -0.25) is 4.79 Å². The van der Waals surface area contributed by atoms with Crippen molar-refractivity contribution in [2.24, 2.45) is 0 Å². The van der Waals surface area contributed by atoms with Crippen LogP contribution in [0.3, 0.4) is 0 Å². The first-order valence-corrected chi connectivity index (χ1v) is 7.69. The molecule has 11 heteroatoms. The number of hydrogen-bond acceptors (Lipinski definition) is 6. The molecule has 0 bridgehead atoms. The average molecular weight is 365 g/mol. The number of amides is 1. The van der Waals surface area contributed by atoms with Crippen LogP contribution in [0.25, 0.3) is 11.3 Å². The zero-order chi connectivity index (χ0) is 18.0. The van der Waals surface area contributed by atoms with Gasteiger partial charge in [0, 0.05) is 10.9 Å². The Morgan fingerprint density at radius 3 is 2.80 bits per heavy atom.